The zero-order chi connectivity index (χ0) is 28.6. The first-order valence-corrected chi connectivity index (χ1v) is 17.2. The molecule has 1 unspecified atom stereocenters. The molecule has 0 spiro atoms. The summed E-state index contributed by atoms with van der Waals surface area (Å²) in [7, 11) is -4.33. The first-order valence-electron chi connectivity index (χ1n) is 13.0. The summed E-state index contributed by atoms with van der Waals surface area (Å²) in [6, 6.07) is 24.7. The number of anilines is 1. The van der Waals surface area contributed by atoms with Crippen LogP contribution in [0.2, 0.25) is 0 Å². The minimum atomic E-state index is -4.33. The quantitative estimate of drug-likeness (QED) is 0.0885. The molecule has 0 bridgehead atoms. The summed E-state index contributed by atoms with van der Waals surface area (Å²) in [6.07, 6.45) is 2.86. The third-order valence-corrected chi connectivity index (χ3v) is 10.3. The van der Waals surface area contributed by atoms with E-state index in [0.717, 1.165) is 52.4 Å². The van der Waals surface area contributed by atoms with Crippen LogP contribution < -0.4 is 9.47 Å². The van der Waals surface area contributed by atoms with Gasteiger partial charge in [0.1, 0.15) is 4.70 Å². The average Bonchev–Trinajstić information content (AvgIpc) is 3.48. The van der Waals surface area contributed by atoms with E-state index in [4.69, 9.17) is 8.74 Å². The van der Waals surface area contributed by atoms with Gasteiger partial charge in [-0.25, -0.2) is 8.42 Å². The van der Waals surface area contributed by atoms with Gasteiger partial charge in [0, 0.05) is 29.0 Å². The predicted molar refractivity (Wildman–Crippen MR) is 165 cm³/mol. The Morgan fingerprint density at radius 3 is 2.44 bits per heavy atom. The van der Waals surface area contributed by atoms with Gasteiger partial charge in [-0.1, -0.05) is 77.7 Å². The summed E-state index contributed by atoms with van der Waals surface area (Å²) >= 11 is 0.959. The number of thiazole rings is 1. The van der Waals surface area contributed by atoms with E-state index in [1.807, 2.05) is 24.3 Å². The highest BCUT2D eigenvalue weighted by molar-refractivity contribution is 8.04. The molecule has 1 aliphatic rings. The molecule has 1 N–H and O–H groups in total. The summed E-state index contributed by atoms with van der Waals surface area (Å²) in [6.45, 7) is 1.08. The number of fused-ring (bicyclic) bond motifs is 6. The van der Waals surface area contributed by atoms with E-state index in [-0.39, 0.29) is 13.0 Å². The number of aromatic nitrogens is 1. The van der Waals surface area contributed by atoms with Gasteiger partial charge in [-0.2, -0.15) is 8.78 Å². The molecule has 12 heteroatoms. The molecule has 41 heavy (non-hydrogen) atoms. The number of nitrogens with zero attached hydrogens (tertiary/aromatic N) is 2. The SMILES string of the molecule is O=S(O)OCCCN1C(=Cc2sc3ccc4ccccc4c3[n+]2CCCS(=O)(=O)[O-])Sc2ccc3ccccc3c21. The van der Waals surface area contributed by atoms with Crippen LogP contribution in [0.25, 0.3) is 37.8 Å². The Morgan fingerprint density at radius 2 is 1.68 bits per heavy atom. The lowest BCUT2D eigenvalue weighted by Gasteiger charge is -2.21. The van der Waals surface area contributed by atoms with Crippen molar-refractivity contribution >= 4 is 88.1 Å². The first-order chi connectivity index (χ1) is 19.8. The minimum Gasteiger partial charge on any atom is -0.748 e. The number of benzene rings is 4. The smallest absolute Gasteiger partial charge is 0.301 e. The Labute approximate surface area is 248 Å². The Bertz CT molecular complexity index is 1940. The summed E-state index contributed by atoms with van der Waals surface area (Å²) < 4.78 is 62.4. The second-order valence-corrected chi connectivity index (χ2v) is 13.9. The molecule has 0 saturated heterocycles. The van der Waals surface area contributed by atoms with Gasteiger partial charge in [-0.3, -0.25) is 8.74 Å². The van der Waals surface area contributed by atoms with Crippen molar-refractivity contribution in [1.82, 2.24) is 0 Å². The van der Waals surface area contributed by atoms with Gasteiger partial charge in [0.2, 0.25) is 5.52 Å². The standard InChI is InChI=1S/C29H26N2O6S4/c32-40(33)37-17-5-15-30-26(38-24-13-11-20-7-1-3-9-22(20)28(24)30)19-27-31(16-6-18-41(34,35)36)29-23-10-4-2-8-21(23)12-14-25(29)39-27/h1-4,7-14,19H,5-6,15-18H2,(H-,32,33,34,35,36). The molecular weight excluding hydrogens is 601 g/mol. The molecule has 0 amide bonds. The maximum absolute atomic E-state index is 11.4. The normalized spacial score (nSPS) is 15.4. The monoisotopic (exact) mass is 626 g/mol. The maximum atomic E-state index is 11.4. The largest absolute Gasteiger partial charge is 0.748 e. The maximum Gasteiger partial charge on any atom is 0.301 e. The second-order valence-electron chi connectivity index (χ2n) is 9.60. The van der Waals surface area contributed by atoms with Crippen LogP contribution in [0, 0.1) is 0 Å². The lowest BCUT2D eigenvalue weighted by Crippen LogP contribution is -2.36. The van der Waals surface area contributed by atoms with Crippen molar-refractivity contribution in [2.45, 2.75) is 24.3 Å². The molecule has 0 fully saturated rings. The van der Waals surface area contributed by atoms with Crippen LogP contribution in [0.1, 0.15) is 17.8 Å². The third-order valence-electron chi connectivity index (χ3n) is 6.96. The van der Waals surface area contributed by atoms with Crippen LogP contribution in [0.4, 0.5) is 5.69 Å². The van der Waals surface area contributed by atoms with Gasteiger partial charge in [0.05, 0.1) is 38.9 Å². The number of aryl methyl sites for hydroxylation is 1. The van der Waals surface area contributed by atoms with Crippen molar-refractivity contribution in [3.63, 3.8) is 0 Å². The van der Waals surface area contributed by atoms with Gasteiger partial charge in [0.25, 0.3) is 5.01 Å². The van der Waals surface area contributed by atoms with E-state index >= 15 is 0 Å². The highest BCUT2D eigenvalue weighted by Crippen LogP contribution is 2.50. The highest BCUT2D eigenvalue weighted by atomic mass is 32.2. The number of hydrogen-bond donors (Lipinski definition) is 1. The third kappa shape index (κ3) is 6.05. The molecular formula is C29H26N2O6S4. The van der Waals surface area contributed by atoms with Crippen LogP contribution in [0.5, 0.6) is 0 Å². The van der Waals surface area contributed by atoms with Crippen LogP contribution in [-0.4, -0.2) is 40.6 Å². The van der Waals surface area contributed by atoms with E-state index in [1.165, 1.54) is 0 Å². The van der Waals surface area contributed by atoms with E-state index < -0.39 is 27.2 Å². The van der Waals surface area contributed by atoms with E-state index in [2.05, 4.69) is 64.1 Å². The Hall–Kier alpha value is -2.84. The van der Waals surface area contributed by atoms with Crippen LogP contribution in [0.3, 0.4) is 0 Å². The summed E-state index contributed by atoms with van der Waals surface area (Å²) in [5.41, 5.74) is 2.10. The molecule has 0 saturated carbocycles. The van der Waals surface area contributed by atoms with Crippen molar-refractivity contribution in [1.29, 1.82) is 0 Å². The zero-order valence-electron chi connectivity index (χ0n) is 21.8. The van der Waals surface area contributed by atoms with Gasteiger partial charge in [0.15, 0.2) is 6.54 Å². The average molecular weight is 627 g/mol. The molecule has 1 aliphatic heterocycles. The van der Waals surface area contributed by atoms with E-state index in [0.29, 0.717) is 19.5 Å². The summed E-state index contributed by atoms with van der Waals surface area (Å²) in [4.78, 5) is 3.33. The predicted octanol–water partition coefficient (Wildman–Crippen LogP) is 5.88. The summed E-state index contributed by atoms with van der Waals surface area (Å²) in [5, 5.41) is 6.31. The molecule has 212 valence electrons. The fraction of sp³-hybridized carbons (Fsp3) is 0.207. The fourth-order valence-corrected chi connectivity index (χ4v) is 8.37. The molecule has 0 aliphatic carbocycles. The highest BCUT2D eigenvalue weighted by Gasteiger charge is 2.30. The van der Waals surface area contributed by atoms with Gasteiger partial charge < -0.3 is 9.45 Å². The molecule has 4 aromatic carbocycles. The number of rotatable bonds is 10. The molecule has 1 atom stereocenters. The molecule has 6 rings (SSSR count). The van der Waals surface area contributed by atoms with Gasteiger partial charge >= 0.3 is 11.4 Å². The lowest BCUT2D eigenvalue weighted by atomic mass is 10.1. The van der Waals surface area contributed by atoms with Crippen LogP contribution in [-0.2, 0) is 32.2 Å². The molecule has 1 aromatic heterocycles. The Morgan fingerprint density at radius 1 is 0.976 bits per heavy atom. The Kier molecular flexibility index (Phi) is 8.14. The van der Waals surface area contributed by atoms with Gasteiger partial charge in [-0.15, -0.1) is 0 Å². The van der Waals surface area contributed by atoms with Crippen LogP contribution >= 0.6 is 23.1 Å². The minimum absolute atomic E-state index is 0.135. The Balaban J connectivity index is 1.46. The van der Waals surface area contributed by atoms with Crippen molar-refractivity contribution in [3.8, 4) is 0 Å². The topological polar surface area (TPSA) is 111 Å². The fourth-order valence-electron chi connectivity index (χ4n) is 5.26. The lowest BCUT2D eigenvalue weighted by molar-refractivity contribution is -0.667. The molecule has 8 nitrogen and oxygen atoms in total. The van der Waals surface area contributed by atoms with Crippen molar-refractivity contribution in [3.05, 3.63) is 82.8 Å². The number of thioether (sulfide) groups is 1. The van der Waals surface area contributed by atoms with Crippen molar-refractivity contribution in [2.75, 3.05) is 23.8 Å². The molecule has 0 radical (unpaired) electrons. The number of hydrogen-bond acceptors (Lipinski definition) is 8. The van der Waals surface area contributed by atoms with Crippen LogP contribution in [0.15, 0.2) is 82.7 Å². The molecule has 2 heterocycles. The van der Waals surface area contributed by atoms with Gasteiger partial charge in [-0.05, 0) is 35.4 Å². The second kappa shape index (κ2) is 11.8. The summed E-state index contributed by atoms with van der Waals surface area (Å²) in [5.74, 6) is -0.428. The first kappa shape index (κ1) is 28.3. The van der Waals surface area contributed by atoms with E-state index in [1.54, 1.807) is 23.1 Å². The molecule has 5 aromatic rings. The van der Waals surface area contributed by atoms with E-state index in [9.17, 15) is 17.2 Å². The van der Waals surface area contributed by atoms with Crippen molar-refractivity contribution in [2.24, 2.45) is 0 Å². The zero-order valence-corrected chi connectivity index (χ0v) is 25.0. The van der Waals surface area contributed by atoms with Crippen molar-refractivity contribution < 1.29 is 30.5 Å².